The van der Waals surface area contributed by atoms with E-state index < -0.39 is 23.2 Å². The van der Waals surface area contributed by atoms with Crippen molar-refractivity contribution in [1.29, 1.82) is 0 Å². The molecule has 112 valence electrons. The Morgan fingerprint density at radius 1 is 0.857 bits per heavy atom. The molecule has 2 aromatic carbocycles. The van der Waals surface area contributed by atoms with Gasteiger partial charge in [0, 0.05) is 8.07 Å². The lowest BCUT2D eigenvalue weighted by Crippen LogP contribution is -2.27. The summed E-state index contributed by atoms with van der Waals surface area (Å²) in [4.78, 5) is 0.414. The fourth-order valence-corrected chi connectivity index (χ4v) is 7.51. The number of rotatable bonds is 5. The molecule has 2 aromatic rings. The smallest absolute Gasteiger partial charge is 0.185 e. The van der Waals surface area contributed by atoms with Crippen LogP contribution in [0.25, 0.3) is 0 Å². The summed E-state index contributed by atoms with van der Waals surface area (Å²) in [5.41, 5.74) is 0.892. The first-order valence-corrected chi connectivity index (χ1v) is 12.4. The van der Waals surface area contributed by atoms with Gasteiger partial charge in [-0.2, -0.15) is 0 Å². The summed E-state index contributed by atoms with van der Waals surface area (Å²) in [5.74, 6) is 0. The Bertz CT molecular complexity index is 674. The minimum absolute atomic E-state index is 0.414. The first kappa shape index (κ1) is 16.0. The highest BCUT2D eigenvalue weighted by molar-refractivity contribution is 7.91. The second-order valence-corrected chi connectivity index (χ2v) is 14.2. The van der Waals surface area contributed by atoms with Crippen molar-refractivity contribution in [3.05, 3.63) is 66.2 Å². The zero-order valence-electron chi connectivity index (χ0n) is 12.8. The summed E-state index contributed by atoms with van der Waals surface area (Å²) in [6.07, 6.45) is 0. The molecule has 2 nitrogen and oxygen atoms in total. The van der Waals surface area contributed by atoms with Crippen LogP contribution < -0.4 is 0 Å². The summed E-state index contributed by atoms with van der Waals surface area (Å²) in [6.45, 7) is 6.64. The van der Waals surface area contributed by atoms with Crippen LogP contribution in [0.5, 0.6) is 0 Å². The van der Waals surface area contributed by atoms with E-state index in [1.54, 1.807) is 24.3 Å². The highest BCUT2D eigenvalue weighted by Gasteiger charge is 2.33. The molecule has 0 saturated carbocycles. The van der Waals surface area contributed by atoms with E-state index in [1.807, 2.05) is 36.4 Å². The van der Waals surface area contributed by atoms with Gasteiger partial charge in [0.05, 0.1) is 10.1 Å². The Balaban J connectivity index is 2.50. The molecule has 0 radical (unpaired) electrons. The Morgan fingerprint density at radius 3 is 1.81 bits per heavy atom. The minimum Gasteiger partial charge on any atom is -0.223 e. The van der Waals surface area contributed by atoms with Gasteiger partial charge in [0.25, 0.3) is 0 Å². The molecule has 4 heteroatoms. The average molecular weight is 319 g/mol. The highest BCUT2D eigenvalue weighted by Crippen LogP contribution is 2.35. The van der Waals surface area contributed by atoms with E-state index >= 15 is 0 Å². The lowest BCUT2D eigenvalue weighted by atomic mass is 10.2. The Hall–Kier alpha value is -1.39. The number of benzene rings is 2. The van der Waals surface area contributed by atoms with E-state index in [4.69, 9.17) is 0 Å². The van der Waals surface area contributed by atoms with E-state index in [0.29, 0.717) is 4.90 Å². The molecule has 0 bridgehead atoms. The van der Waals surface area contributed by atoms with Gasteiger partial charge in [-0.25, -0.2) is 8.42 Å². The zero-order chi connectivity index (χ0) is 15.5. The van der Waals surface area contributed by atoms with Crippen LogP contribution in [0, 0.1) is 0 Å². The van der Waals surface area contributed by atoms with Crippen molar-refractivity contribution in [1.82, 2.24) is 0 Å². The molecule has 21 heavy (non-hydrogen) atoms. The zero-order valence-corrected chi connectivity index (χ0v) is 14.6. The van der Waals surface area contributed by atoms with Crippen LogP contribution in [0.2, 0.25) is 25.7 Å². The second kappa shape index (κ2) is 6.16. The molecule has 0 N–H and O–H groups in total. The van der Waals surface area contributed by atoms with Crippen molar-refractivity contribution >= 4 is 17.9 Å². The van der Waals surface area contributed by atoms with Crippen molar-refractivity contribution in [3.8, 4) is 0 Å². The normalized spacial score (nSPS) is 13.9. The molecule has 1 atom stereocenters. The van der Waals surface area contributed by atoms with E-state index in [2.05, 4.69) is 19.6 Å². The molecule has 0 spiro atoms. The highest BCUT2D eigenvalue weighted by atomic mass is 32.2. The van der Waals surface area contributed by atoms with Crippen LogP contribution in [-0.4, -0.2) is 16.5 Å². The minimum atomic E-state index is -3.35. The molecule has 0 heterocycles. The third-order valence-corrected chi connectivity index (χ3v) is 7.46. The van der Waals surface area contributed by atoms with Crippen LogP contribution in [0.3, 0.4) is 0 Å². The third kappa shape index (κ3) is 4.05. The van der Waals surface area contributed by atoms with Gasteiger partial charge in [-0.3, -0.25) is 0 Å². The maximum Gasteiger partial charge on any atom is 0.185 e. The summed E-state index contributed by atoms with van der Waals surface area (Å²) in [7, 11) is -4.88. The summed E-state index contributed by atoms with van der Waals surface area (Å²) < 4.78 is 26.1. The molecule has 0 aromatic heterocycles. The van der Waals surface area contributed by atoms with Crippen LogP contribution in [0.1, 0.15) is 10.8 Å². The molecule has 0 amide bonds. The van der Waals surface area contributed by atoms with Crippen LogP contribution in [-0.2, 0) is 9.84 Å². The molecule has 2 rings (SSSR count). The van der Waals surface area contributed by atoms with Gasteiger partial charge in [-0.15, -0.1) is 0 Å². The molecule has 0 aliphatic carbocycles. The lowest BCUT2D eigenvalue weighted by molar-refractivity contribution is 0.585. The Kier molecular flexibility index (Phi) is 4.69. The predicted molar refractivity (Wildman–Crippen MR) is 91.0 cm³/mol. The standard InChI is InChI=1S/C17H22O2SSi/c1-21(2,3)14-17(15-10-6-4-7-11-15)20(18,19)16-12-8-5-9-13-16/h4-13,17H,14H2,1-3H3. The van der Waals surface area contributed by atoms with Crippen molar-refractivity contribution in [3.63, 3.8) is 0 Å². The van der Waals surface area contributed by atoms with Gasteiger partial charge >= 0.3 is 0 Å². The topological polar surface area (TPSA) is 34.1 Å². The van der Waals surface area contributed by atoms with Gasteiger partial charge in [0.1, 0.15) is 0 Å². The van der Waals surface area contributed by atoms with Gasteiger partial charge in [-0.1, -0.05) is 68.2 Å². The van der Waals surface area contributed by atoms with E-state index in [0.717, 1.165) is 11.6 Å². The van der Waals surface area contributed by atoms with E-state index in [9.17, 15) is 8.42 Å². The molecule has 0 aliphatic heterocycles. The molecular weight excluding hydrogens is 296 g/mol. The van der Waals surface area contributed by atoms with Crippen molar-refractivity contribution < 1.29 is 8.42 Å². The maximum atomic E-state index is 13.0. The number of sulfone groups is 1. The fourth-order valence-electron chi connectivity index (χ4n) is 2.41. The number of hydrogen-bond acceptors (Lipinski definition) is 2. The van der Waals surface area contributed by atoms with Gasteiger partial charge in [-0.05, 0) is 23.7 Å². The quantitative estimate of drug-likeness (QED) is 0.758. The second-order valence-electron chi connectivity index (χ2n) is 6.52. The van der Waals surface area contributed by atoms with Crippen LogP contribution in [0.4, 0.5) is 0 Å². The van der Waals surface area contributed by atoms with E-state index in [1.165, 1.54) is 0 Å². The molecule has 1 unspecified atom stereocenters. The predicted octanol–water partition coefficient (Wildman–Crippen LogP) is 4.54. The van der Waals surface area contributed by atoms with Crippen LogP contribution in [0.15, 0.2) is 65.6 Å². The molecular formula is C17H22O2SSi. The van der Waals surface area contributed by atoms with Crippen molar-refractivity contribution in [2.45, 2.75) is 35.8 Å². The van der Waals surface area contributed by atoms with E-state index in [-0.39, 0.29) is 0 Å². The number of hydrogen-bond donors (Lipinski definition) is 0. The van der Waals surface area contributed by atoms with Gasteiger partial charge < -0.3 is 0 Å². The van der Waals surface area contributed by atoms with Crippen molar-refractivity contribution in [2.75, 3.05) is 0 Å². The van der Waals surface area contributed by atoms with Gasteiger partial charge in [0.15, 0.2) is 9.84 Å². The molecule has 0 aliphatic rings. The SMILES string of the molecule is C[Si](C)(C)CC(c1ccccc1)S(=O)(=O)c1ccccc1. The monoisotopic (exact) mass is 318 g/mol. The molecule has 0 saturated heterocycles. The summed E-state index contributed by atoms with van der Waals surface area (Å²) in [6, 6.07) is 19.1. The summed E-state index contributed by atoms with van der Waals surface area (Å²) in [5, 5.41) is -0.451. The van der Waals surface area contributed by atoms with Crippen LogP contribution >= 0.6 is 0 Å². The third-order valence-electron chi connectivity index (χ3n) is 3.42. The van der Waals surface area contributed by atoms with Gasteiger partial charge in [0.2, 0.25) is 0 Å². The van der Waals surface area contributed by atoms with Crippen molar-refractivity contribution in [2.24, 2.45) is 0 Å². The first-order valence-electron chi connectivity index (χ1n) is 7.15. The largest absolute Gasteiger partial charge is 0.223 e. The lowest BCUT2D eigenvalue weighted by Gasteiger charge is -2.25. The average Bonchev–Trinajstić information content (AvgIpc) is 2.46. The fraction of sp³-hybridized carbons (Fsp3) is 0.294. The summed E-state index contributed by atoms with van der Waals surface area (Å²) >= 11 is 0. The Morgan fingerprint density at radius 2 is 1.33 bits per heavy atom. The maximum absolute atomic E-state index is 13.0. The Labute approximate surface area is 128 Å². The first-order chi connectivity index (χ1) is 9.81. The molecule has 0 fully saturated rings.